The molecule has 2 aliphatic heterocycles. The molecule has 2 aliphatic rings. The fourth-order valence-corrected chi connectivity index (χ4v) is 5.69. The normalized spacial score (nSPS) is 21.9. The van der Waals surface area contributed by atoms with Crippen LogP contribution in [0.4, 0.5) is 8.78 Å². The van der Waals surface area contributed by atoms with Crippen molar-refractivity contribution in [3.8, 4) is 6.07 Å². The zero-order valence-electron chi connectivity index (χ0n) is 17.6. The van der Waals surface area contributed by atoms with Gasteiger partial charge in [0.25, 0.3) is 0 Å². The van der Waals surface area contributed by atoms with Crippen molar-refractivity contribution in [3.05, 3.63) is 65.2 Å². The molecule has 6 nitrogen and oxygen atoms in total. The number of morpholine rings is 2. The van der Waals surface area contributed by atoms with Crippen molar-refractivity contribution in [1.29, 1.82) is 5.26 Å². The molecule has 0 aliphatic carbocycles. The fraction of sp³-hybridized carbons (Fsp3) is 0.435. The standard InChI is InChI=1S/C23H25F2N3O3S/c24-19-5-4-18(23(25)10-19)12-28-15-20-13-27(14-21(16-28)31-20)8-1-9-32(29,30)22-6-2-17(11-26)3-7-22/h2-7,10,20-21H,1,8-9,12-16H2. The molecule has 2 unspecified atom stereocenters. The second-order valence-corrected chi connectivity index (χ2v) is 10.5. The number of fused-ring (bicyclic) bond motifs is 2. The van der Waals surface area contributed by atoms with Gasteiger partial charge in [-0.15, -0.1) is 0 Å². The number of halogens is 2. The summed E-state index contributed by atoms with van der Waals surface area (Å²) in [7, 11) is -3.39. The van der Waals surface area contributed by atoms with Gasteiger partial charge >= 0.3 is 0 Å². The maximum atomic E-state index is 14.0. The number of nitrogens with zero attached hydrogens (tertiary/aromatic N) is 3. The lowest BCUT2D eigenvalue weighted by Crippen LogP contribution is -2.59. The lowest BCUT2D eigenvalue weighted by atomic mass is 10.1. The van der Waals surface area contributed by atoms with E-state index in [0.29, 0.717) is 56.8 Å². The quantitative estimate of drug-likeness (QED) is 0.631. The zero-order chi connectivity index (χ0) is 22.7. The van der Waals surface area contributed by atoms with Crippen LogP contribution in [0.3, 0.4) is 0 Å². The van der Waals surface area contributed by atoms with E-state index in [4.69, 9.17) is 10.00 Å². The van der Waals surface area contributed by atoms with E-state index in [-0.39, 0.29) is 22.9 Å². The summed E-state index contributed by atoms with van der Waals surface area (Å²) >= 11 is 0. The van der Waals surface area contributed by atoms with Crippen LogP contribution in [0.2, 0.25) is 0 Å². The first-order chi connectivity index (χ1) is 15.3. The molecule has 0 amide bonds. The minimum absolute atomic E-state index is 0.0267. The lowest BCUT2D eigenvalue weighted by molar-refractivity contribution is -0.140. The molecule has 32 heavy (non-hydrogen) atoms. The van der Waals surface area contributed by atoms with E-state index in [9.17, 15) is 17.2 Å². The summed E-state index contributed by atoms with van der Waals surface area (Å²) < 4.78 is 58.2. The molecule has 2 bridgehead atoms. The summed E-state index contributed by atoms with van der Waals surface area (Å²) in [6, 6.07) is 11.6. The van der Waals surface area contributed by atoms with E-state index < -0.39 is 21.5 Å². The monoisotopic (exact) mass is 461 g/mol. The highest BCUT2D eigenvalue weighted by atomic mass is 32.2. The third-order valence-corrected chi connectivity index (χ3v) is 7.69. The van der Waals surface area contributed by atoms with Gasteiger partial charge in [-0.2, -0.15) is 5.26 Å². The van der Waals surface area contributed by atoms with Crippen LogP contribution in [0.5, 0.6) is 0 Å². The number of sulfone groups is 1. The largest absolute Gasteiger partial charge is 0.370 e. The molecule has 2 fully saturated rings. The van der Waals surface area contributed by atoms with Crippen LogP contribution in [0, 0.1) is 23.0 Å². The van der Waals surface area contributed by atoms with E-state index in [2.05, 4.69) is 9.80 Å². The highest BCUT2D eigenvalue weighted by Gasteiger charge is 2.35. The van der Waals surface area contributed by atoms with Crippen LogP contribution in [0.25, 0.3) is 0 Å². The third kappa shape index (κ3) is 5.51. The van der Waals surface area contributed by atoms with Gasteiger partial charge in [0.2, 0.25) is 0 Å². The first-order valence-electron chi connectivity index (χ1n) is 10.6. The molecular weight excluding hydrogens is 436 g/mol. The number of hydrogen-bond donors (Lipinski definition) is 0. The Morgan fingerprint density at radius 1 is 1.00 bits per heavy atom. The van der Waals surface area contributed by atoms with E-state index in [1.807, 2.05) is 6.07 Å². The van der Waals surface area contributed by atoms with Crippen molar-refractivity contribution in [2.75, 3.05) is 38.5 Å². The van der Waals surface area contributed by atoms with Gasteiger partial charge < -0.3 is 4.74 Å². The maximum absolute atomic E-state index is 14.0. The molecule has 2 heterocycles. The molecular formula is C23H25F2N3O3S. The van der Waals surface area contributed by atoms with Crippen molar-refractivity contribution in [3.63, 3.8) is 0 Å². The SMILES string of the molecule is N#Cc1ccc(S(=O)(=O)CCCN2CC3CN(Cc4ccc(F)cc4F)CC(C2)O3)cc1. The molecule has 0 saturated carbocycles. The third-order valence-electron chi connectivity index (χ3n) is 5.87. The number of hydrogen-bond acceptors (Lipinski definition) is 6. The van der Waals surface area contributed by atoms with Crippen molar-refractivity contribution >= 4 is 9.84 Å². The Morgan fingerprint density at radius 2 is 1.66 bits per heavy atom. The summed E-state index contributed by atoms with van der Waals surface area (Å²) in [6.45, 7) is 3.73. The molecule has 2 aromatic rings. The van der Waals surface area contributed by atoms with Crippen LogP contribution < -0.4 is 0 Å². The lowest BCUT2D eigenvalue weighted by Gasteiger charge is -2.46. The summed E-state index contributed by atoms with van der Waals surface area (Å²) in [4.78, 5) is 4.59. The average molecular weight is 462 g/mol. The van der Waals surface area contributed by atoms with Crippen molar-refractivity contribution < 1.29 is 21.9 Å². The van der Waals surface area contributed by atoms with E-state index >= 15 is 0 Å². The number of rotatable bonds is 7. The van der Waals surface area contributed by atoms with Gasteiger partial charge in [0, 0.05) is 44.4 Å². The van der Waals surface area contributed by atoms with Crippen LogP contribution >= 0.6 is 0 Å². The van der Waals surface area contributed by atoms with Gasteiger partial charge in [-0.1, -0.05) is 6.07 Å². The summed E-state index contributed by atoms with van der Waals surface area (Å²) in [6.07, 6.45) is 0.453. The molecule has 0 aromatic heterocycles. The van der Waals surface area contributed by atoms with Crippen LogP contribution in [0.15, 0.2) is 47.4 Å². The van der Waals surface area contributed by atoms with Crippen molar-refractivity contribution in [1.82, 2.24) is 9.80 Å². The predicted octanol–water partition coefficient (Wildman–Crippen LogP) is 2.59. The molecule has 4 rings (SSSR count). The Balaban J connectivity index is 1.27. The zero-order valence-corrected chi connectivity index (χ0v) is 18.4. The molecule has 0 N–H and O–H groups in total. The second-order valence-electron chi connectivity index (χ2n) is 8.38. The number of ether oxygens (including phenoxy) is 1. The molecule has 0 radical (unpaired) electrons. The topological polar surface area (TPSA) is 73.6 Å². The second kappa shape index (κ2) is 9.63. The average Bonchev–Trinajstić information content (AvgIpc) is 2.75. The molecule has 2 saturated heterocycles. The smallest absolute Gasteiger partial charge is 0.178 e. The van der Waals surface area contributed by atoms with E-state index in [1.54, 1.807) is 0 Å². The summed E-state index contributed by atoms with van der Waals surface area (Å²) in [5, 5.41) is 8.85. The van der Waals surface area contributed by atoms with Crippen molar-refractivity contribution in [2.24, 2.45) is 0 Å². The first kappa shape index (κ1) is 22.8. The van der Waals surface area contributed by atoms with Gasteiger partial charge in [0.15, 0.2) is 9.84 Å². The molecule has 9 heteroatoms. The minimum atomic E-state index is -3.39. The number of nitriles is 1. The van der Waals surface area contributed by atoms with Crippen LogP contribution in [0.1, 0.15) is 17.5 Å². The van der Waals surface area contributed by atoms with Gasteiger partial charge in [-0.25, -0.2) is 17.2 Å². The molecule has 170 valence electrons. The van der Waals surface area contributed by atoms with Crippen LogP contribution in [-0.4, -0.2) is 68.9 Å². The Morgan fingerprint density at radius 3 is 2.28 bits per heavy atom. The minimum Gasteiger partial charge on any atom is -0.370 e. The first-order valence-corrected chi connectivity index (χ1v) is 12.2. The Labute approximate surface area is 186 Å². The molecule has 2 atom stereocenters. The number of benzene rings is 2. The molecule has 2 aromatic carbocycles. The predicted molar refractivity (Wildman–Crippen MR) is 115 cm³/mol. The Kier molecular flexibility index (Phi) is 6.86. The fourth-order valence-electron chi connectivity index (χ4n) is 4.40. The van der Waals surface area contributed by atoms with Gasteiger partial charge in [-0.3, -0.25) is 9.80 Å². The maximum Gasteiger partial charge on any atom is 0.178 e. The summed E-state index contributed by atoms with van der Waals surface area (Å²) in [5.74, 6) is -1.07. The Hall–Kier alpha value is -2.38. The van der Waals surface area contributed by atoms with E-state index in [1.165, 1.54) is 36.4 Å². The Bertz CT molecular complexity index is 1090. The van der Waals surface area contributed by atoms with Gasteiger partial charge in [-0.05, 0) is 43.3 Å². The van der Waals surface area contributed by atoms with Crippen molar-refractivity contribution in [2.45, 2.75) is 30.1 Å². The van der Waals surface area contributed by atoms with E-state index in [0.717, 1.165) is 6.07 Å². The van der Waals surface area contributed by atoms with Gasteiger partial charge in [0.1, 0.15) is 11.6 Å². The summed E-state index contributed by atoms with van der Waals surface area (Å²) in [5.41, 5.74) is 0.899. The highest BCUT2D eigenvalue weighted by Crippen LogP contribution is 2.22. The highest BCUT2D eigenvalue weighted by molar-refractivity contribution is 7.91. The van der Waals surface area contributed by atoms with Gasteiger partial charge in [0.05, 0.1) is 34.5 Å². The molecule has 0 spiro atoms. The van der Waals surface area contributed by atoms with Crippen LogP contribution in [-0.2, 0) is 21.1 Å².